The second-order valence-electron chi connectivity index (χ2n) is 2.47. The summed E-state index contributed by atoms with van der Waals surface area (Å²) in [6.45, 7) is 3.57. The standard InChI is InChI=1S/C9H7BrCl2O/c1-2-3-5-8(12)6(10)4-7(11)9(5)13/h2,4,13H,1,3H2. The topological polar surface area (TPSA) is 20.2 Å². The van der Waals surface area contributed by atoms with Gasteiger partial charge in [-0.05, 0) is 28.4 Å². The molecular weight excluding hydrogens is 275 g/mol. The number of halogens is 3. The lowest BCUT2D eigenvalue weighted by atomic mass is 10.1. The fourth-order valence-corrected chi connectivity index (χ4v) is 2.01. The van der Waals surface area contributed by atoms with Crippen molar-refractivity contribution in [1.82, 2.24) is 0 Å². The van der Waals surface area contributed by atoms with Crippen LogP contribution in [0.15, 0.2) is 23.2 Å². The van der Waals surface area contributed by atoms with Crippen molar-refractivity contribution in [3.8, 4) is 5.75 Å². The van der Waals surface area contributed by atoms with E-state index < -0.39 is 0 Å². The van der Waals surface area contributed by atoms with Crippen LogP contribution in [-0.2, 0) is 6.42 Å². The Hall–Kier alpha value is -0.180. The minimum atomic E-state index is 0.0229. The molecule has 1 N–H and O–H groups in total. The highest BCUT2D eigenvalue weighted by Gasteiger charge is 2.12. The van der Waals surface area contributed by atoms with Gasteiger partial charge in [-0.25, -0.2) is 0 Å². The predicted molar refractivity (Wildman–Crippen MR) is 59.7 cm³/mol. The molecule has 0 spiro atoms. The van der Waals surface area contributed by atoms with Crippen molar-refractivity contribution in [2.24, 2.45) is 0 Å². The summed E-state index contributed by atoms with van der Waals surface area (Å²) in [5.41, 5.74) is 0.594. The minimum absolute atomic E-state index is 0.0229. The Morgan fingerprint density at radius 3 is 2.69 bits per heavy atom. The summed E-state index contributed by atoms with van der Waals surface area (Å²) < 4.78 is 0.675. The Morgan fingerprint density at radius 1 is 1.54 bits per heavy atom. The maximum Gasteiger partial charge on any atom is 0.139 e. The van der Waals surface area contributed by atoms with Crippen LogP contribution in [0.4, 0.5) is 0 Å². The van der Waals surface area contributed by atoms with Crippen LogP contribution in [-0.4, -0.2) is 5.11 Å². The molecule has 0 unspecified atom stereocenters. The molecule has 0 atom stereocenters. The molecule has 0 aliphatic rings. The molecule has 0 saturated heterocycles. The lowest BCUT2D eigenvalue weighted by Crippen LogP contribution is -1.86. The lowest BCUT2D eigenvalue weighted by molar-refractivity contribution is 0.470. The first-order valence-electron chi connectivity index (χ1n) is 3.54. The van der Waals surface area contributed by atoms with E-state index in [0.717, 1.165) is 0 Å². The molecule has 1 rings (SSSR count). The van der Waals surface area contributed by atoms with Gasteiger partial charge in [0.1, 0.15) is 5.75 Å². The number of hydrogen-bond donors (Lipinski definition) is 1. The van der Waals surface area contributed by atoms with E-state index in [-0.39, 0.29) is 10.8 Å². The first-order valence-corrected chi connectivity index (χ1v) is 5.09. The molecule has 0 fully saturated rings. The molecule has 0 bridgehead atoms. The molecule has 13 heavy (non-hydrogen) atoms. The van der Waals surface area contributed by atoms with E-state index in [4.69, 9.17) is 23.2 Å². The van der Waals surface area contributed by atoms with Crippen LogP contribution in [0.1, 0.15) is 5.56 Å². The third-order valence-corrected chi connectivity index (χ3v) is 3.16. The molecule has 0 aromatic heterocycles. The summed E-state index contributed by atoms with van der Waals surface area (Å²) in [7, 11) is 0. The second-order valence-corrected chi connectivity index (χ2v) is 4.11. The maximum absolute atomic E-state index is 9.55. The van der Waals surface area contributed by atoms with Gasteiger partial charge in [-0.15, -0.1) is 6.58 Å². The zero-order chi connectivity index (χ0) is 10.0. The number of allylic oxidation sites excluding steroid dienone is 1. The number of rotatable bonds is 2. The van der Waals surface area contributed by atoms with Gasteiger partial charge in [-0.2, -0.15) is 0 Å². The smallest absolute Gasteiger partial charge is 0.139 e. The number of phenolic OH excluding ortho intramolecular Hbond substituents is 1. The molecule has 0 aliphatic carbocycles. The lowest BCUT2D eigenvalue weighted by Gasteiger charge is -2.08. The van der Waals surface area contributed by atoms with E-state index in [1.807, 2.05) is 0 Å². The normalized spacial score (nSPS) is 10.1. The van der Waals surface area contributed by atoms with Crippen LogP contribution in [0.5, 0.6) is 5.75 Å². The Bertz CT molecular complexity index is 324. The van der Waals surface area contributed by atoms with Gasteiger partial charge in [-0.3, -0.25) is 0 Å². The van der Waals surface area contributed by atoms with E-state index in [1.165, 1.54) is 0 Å². The predicted octanol–water partition coefficient (Wildman–Crippen LogP) is 4.19. The van der Waals surface area contributed by atoms with Crippen LogP contribution in [0.25, 0.3) is 0 Å². The average Bonchev–Trinajstić information content (AvgIpc) is 2.09. The Balaban J connectivity index is 3.36. The minimum Gasteiger partial charge on any atom is -0.506 e. The molecular formula is C9H7BrCl2O. The molecule has 70 valence electrons. The molecule has 4 heteroatoms. The zero-order valence-electron chi connectivity index (χ0n) is 6.65. The molecule has 1 nitrogen and oxygen atoms in total. The average molecular weight is 282 g/mol. The van der Waals surface area contributed by atoms with E-state index in [2.05, 4.69) is 22.5 Å². The van der Waals surface area contributed by atoms with Gasteiger partial charge in [0.15, 0.2) is 0 Å². The van der Waals surface area contributed by atoms with Crippen LogP contribution in [0.3, 0.4) is 0 Å². The van der Waals surface area contributed by atoms with Gasteiger partial charge in [0.2, 0.25) is 0 Å². The third-order valence-electron chi connectivity index (χ3n) is 1.59. The van der Waals surface area contributed by atoms with Crippen LogP contribution in [0.2, 0.25) is 10.0 Å². The first kappa shape index (κ1) is 10.9. The van der Waals surface area contributed by atoms with Gasteiger partial charge in [-0.1, -0.05) is 29.3 Å². The number of aromatic hydroxyl groups is 1. The highest BCUT2D eigenvalue weighted by atomic mass is 79.9. The van der Waals surface area contributed by atoms with Crippen LogP contribution in [0, 0.1) is 0 Å². The van der Waals surface area contributed by atoms with Crippen molar-refractivity contribution in [3.05, 3.63) is 38.8 Å². The number of hydrogen-bond acceptors (Lipinski definition) is 1. The summed E-state index contributed by atoms with van der Waals surface area (Å²) in [5, 5.41) is 10.3. The number of benzene rings is 1. The van der Waals surface area contributed by atoms with Crippen molar-refractivity contribution in [3.63, 3.8) is 0 Å². The van der Waals surface area contributed by atoms with E-state index in [9.17, 15) is 5.11 Å². The Kier molecular flexibility index (Phi) is 3.65. The highest BCUT2D eigenvalue weighted by molar-refractivity contribution is 9.10. The van der Waals surface area contributed by atoms with E-state index in [0.29, 0.717) is 21.5 Å². The summed E-state index contributed by atoms with van der Waals surface area (Å²) in [4.78, 5) is 0. The Labute approximate surface area is 95.1 Å². The van der Waals surface area contributed by atoms with Gasteiger partial charge in [0.25, 0.3) is 0 Å². The summed E-state index contributed by atoms with van der Waals surface area (Å²) in [6, 6.07) is 1.56. The monoisotopic (exact) mass is 280 g/mol. The molecule has 0 saturated carbocycles. The SMILES string of the molecule is C=CCc1c(O)c(Cl)cc(Br)c1Cl. The summed E-state index contributed by atoms with van der Waals surface area (Å²) >= 11 is 14.9. The van der Waals surface area contributed by atoms with E-state index in [1.54, 1.807) is 12.1 Å². The van der Waals surface area contributed by atoms with Crippen molar-refractivity contribution < 1.29 is 5.11 Å². The van der Waals surface area contributed by atoms with Crippen LogP contribution < -0.4 is 0 Å². The molecule has 0 aliphatic heterocycles. The van der Waals surface area contributed by atoms with Crippen molar-refractivity contribution in [1.29, 1.82) is 0 Å². The van der Waals surface area contributed by atoms with Gasteiger partial charge >= 0.3 is 0 Å². The third kappa shape index (κ3) is 2.19. The fourth-order valence-electron chi connectivity index (χ4n) is 0.966. The van der Waals surface area contributed by atoms with Crippen LogP contribution >= 0.6 is 39.1 Å². The largest absolute Gasteiger partial charge is 0.506 e. The molecule has 0 amide bonds. The molecule has 0 heterocycles. The van der Waals surface area contributed by atoms with E-state index >= 15 is 0 Å². The second kappa shape index (κ2) is 4.36. The first-order chi connectivity index (χ1) is 6.07. The summed E-state index contributed by atoms with van der Waals surface area (Å²) in [5.74, 6) is 0.0229. The summed E-state index contributed by atoms with van der Waals surface area (Å²) in [6.07, 6.45) is 2.15. The zero-order valence-corrected chi connectivity index (χ0v) is 9.75. The highest BCUT2D eigenvalue weighted by Crippen LogP contribution is 2.38. The number of phenols is 1. The molecule has 1 aromatic rings. The molecule has 0 radical (unpaired) electrons. The quantitative estimate of drug-likeness (QED) is 0.637. The van der Waals surface area contributed by atoms with Gasteiger partial charge < -0.3 is 5.11 Å². The molecule has 1 aromatic carbocycles. The van der Waals surface area contributed by atoms with Crippen molar-refractivity contribution in [2.75, 3.05) is 0 Å². The fraction of sp³-hybridized carbons (Fsp3) is 0.111. The van der Waals surface area contributed by atoms with Gasteiger partial charge in [0.05, 0.1) is 10.0 Å². The van der Waals surface area contributed by atoms with Gasteiger partial charge in [0, 0.05) is 10.0 Å². The maximum atomic E-state index is 9.55. The van der Waals surface area contributed by atoms with Crippen molar-refractivity contribution in [2.45, 2.75) is 6.42 Å². The Morgan fingerprint density at radius 2 is 2.15 bits per heavy atom. The van der Waals surface area contributed by atoms with Crippen molar-refractivity contribution >= 4 is 39.1 Å².